The van der Waals surface area contributed by atoms with Gasteiger partial charge in [0, 0.05) is 39.1 Å². The molecule has 4 amide bonds. The first-order valence-corrected chi connectivity index (χ1v) is 12.6. The van der Waals surface area contributed by atoms with E-state index in [0.717, 1.165) is 62.1 Å². The fourth-order valence-electron chi connectivity index (χ4n) is 5.06. The van der Waals surface area contributed by atoms with E-state index in [1.807, 2.05) is 30.3 Å². The van der Waals surface area contributed by atoms with Crippen LogP contribution in [-0.4, -0.2) is 77.5 Å². The zero-order valence-corrected chi connectivity index (χ0v) is 20.7. The molecule has 1 atom stereocenters. The molecule has 2 saturated heterocycles. The smallest absolute Gasteiger partial charge is 0.344 e. The number of aryl methyl sites for hydroxylation is 1. The van der Waals surface area contributed by atoms with Crippen molar-refractivity contribution in [1.82, 2.24) is 25.6 Å². The molecule has 0 unspecified atom stereocenters. The summed E-state index contributed by atoms with van der Waals surface area (Å²) in [6.45, 7) is 6.67. The molecular weight excluding hydrogens is 458 g/mol. The van der Waals surface area contributed by atoms with E-state index < -0.39 is 17.5 Å². The van der Waals surface area contributed by atoms with Crippen LogP contribution in [0.2, 0.25) is 0 Å². The van der Waals surface area contributed by atoms with Crippen LogP contribution >= 0.6 is 0 Å². The number of hydrogen-bond acceptors (Lipinski definition) is 6. The summed E-state index contributed by atoms with van der Waals surface area (Å²) in [5.74, 6) is 0.204. The highest BCUT2D eigenvalue weighted by Crippen LogP contribution is 2.26. The fraction of sp³-hybridized carbons (Fsp3) is 0.444. The van der Waals surface area contributed by atoms with E-state index in [0.29, 0.717) is 12.8 Å². The van der Waals surface area contributed by atoms with Crippen LogP contribution in [0.1, 0.15) is 30.0 Å². The first-order chi connectivity index (χ1) is 17.4. The number of imide groups is 1. The quantitative estimate of drug-likeness (QED) is 0.546. The zero-order chi connectivity index (χ0) is 25.1. The van der Waals surface area contributed by atoms with E-state index in [9.17, 15) is 14.4 Å². The largest absolute Gasteiger partial charge is 0.493 e. The van der Waals surface area contributed by atoms with Crippen LogP contribution in [0.5, 0.6) is 5.75 Å². The van der Waals surface area contributed by atoms with Crippen LogP contribution < -0.4 is 15.5 Å². The summed E-state index contributed by atoms with van der Waals surface area (Å²) in [6.07, 6.45) is 2.07. The molecule has 0 spiro atoms. The van der Waals surface area contributed by atoms with Crippen LogP contribution in [-0.2, 0) is 29.0 Å². The van der Waals surface area contributed by atoms with Crippen molar-refractivity contribution in [3.8, 4) is 5.75 Å². The lowest BCUT2D eigenvalue weighted by Crippen LogP contribution is -2.53. The summed E-state index contributed by atoms with van der Waals surface area (Å²) in [7, 11) is 0. The van der Waals surface area contributed by atoms with E-state index in [4.69, 9.17) is 4.74 Å². The number of ether oxygens (including phenoxy) is 1. The van der Waals surface area contributed by atoms with Crippen molar-refractivity contribution in [2.75, 3.05) is 39.3 Å². The third-order valence-electron chi connectivity index (χ3n) is 7.25. The molecule has 0 saturated carbocycles. The summed E-state index contributed by atoms with van der Waals surface area (Å²) in [5.41, 5.74) is 5.12. The van der Waals surface area contributed by atoms with Gasteiger partial charge >= 0.3 is 6.03 Å². The number of nitrogens with zero attached hydrogens (tertiary/aromatic N) is 3. The molecule has 36 heavy (non-hydrogen) atoms. The molecule has 3 aliphatic rings. The van der Waals surface area contributed by atoms with Crippen molar-refractivity contribution in [2.24, 2.45) is 0 Å². The highest BCUT2D eigenvalue weighted by Gasteiger charge is 2.48. The van der Waals surface area contributed by atoms with Crippen molar-refractivity contribution in [3.05, 3.63) is 65.2 Å². The number of hydrazine groups is 1. The molecule has 0 aromatic heterocycles. The van der Waals surface area contributed by atoms with E-state index in [-0.39, 0.29) is 12.5 Å². The Labute approximate surface area is 211 Å². The molecular formula is C27H33N5O4. The highest BCUT2D eigenvalue weighted by atomic mass is 16.5. The Morgan fingerprint density at radius 3 is 2.56 bits per heavy atom. The molecule has 9 nitrogen and oxygen atoms in total. The Kier molecular flexibility index (Phi) is 6.93. The Morgan fingerprint density at radius 1 is 1.03 bits per heavy atom. The van der Waals surface area contributed by atoms with E-state index in [1.54, 1.807) is 6.92 Å². The number of carbonyl (C=O) groups excluding carboxylic acids is 3. The maximum Gasteiger partial charge on any atom is 0.344 e. The third kappa shape index (κ3) is 5.37. The van der Waals surface area contributed by atoms with Crippen molar-refractivity contribution in [1.29, 1.82) is 0 Å². The molecule has 0 radical (unpaired) electrons. The number of benzene rings is 2. The summed E-state index contributed by atoms with van der Waals surface area (Å²) >= 11 is 0. The molecule has 2 N–H and O–H groups in total. The number of amides is 4. The highest BCUT2D eigenvalue weighted by molar-refractivity contribution is 6.07. The van der Waals surface area contributed by atoms with Gasteiger partial charge in [0.25, 0.3) is 11.8 Å². The van der Waals surface area contributed by atoms with Crippen LogP contribution in [0.15, 0.2) is 48.5 Å². The maximum absolute atomic E-state index is 13.0. The standard InChI is InChI=1S/C27H33N5O4/c1-27(11-9-20-5-3-2-4-6-20)25(34)32(26(35)28-27)29-24(33)19-31-14-12-30(13-15-31)18-21-7-8-23-22(17-21)10-16-36-23/h2-8,17H,9-16,18-19H2,1H3,(H,28,35)(H,29,33)/t27-/m0/s1. The number of hydrogen-bond donors (Lipinski definition) is 2. The van der Waals surface area contributed by atoms with Gasteiger partial charge in [-0.15, -0.1) is 0 Å². The van der Waals surface area contributed by atoms with Crippen molar-refractivity contribution >= 4 is 17.8 Å². The second-order valence-corrected chi connectivity index (χ2v) is 10.0. The normalized spacial score (nSPS) is 22.3. The van der Waals surface area contributed by atoms with Gasteiger partial charge in [0.2, 0.25) is 0 Å². The van der Waals surface area contributed by atoms with Crippen LogP contribution in [0, 0.1) is 0 Å². The van der Waals surface area contributed by atoms with Crippen LogP contribution in [0.4, 0.5) is 4.79 Å². The number of rotatable bonds is 8. The van der Waals surface area contributed by atoms with Gasteiger partial charge in [0.1, 0.15) is 11.3 Å². The lowest BCUT2D eigenvalue weighted by molar-refractivity contribution is -0.139. The Bertz CT molecular complexity index is 1130. The van der Waals surface area contributed by atoms with Gasteiger partial charge in [-0.1, -0.05) is 42.5 Å². The summed E-state index contributed by atoms with van der Waals surface area (Å²) < 4.78 is 5.59. The van der Waals surface area contributed by atoms with Crippen LogP contribution in [0.3, 0.4) is 0 Å². The van der Waals surface area contributed by atoms with E-state index >= 15 is 0 Å². The average Bonchev–Trinajstić information content (AvgIpc) is 3.43. The number of urea groups is 1. The predicted octanol–water partition coefficient (Wildman–Crippen LogP) is 1.71. The maximum atomic E-state index is 13.0. The van der Waals surface area contributed by atoms with Crippen molar-refractivity contribution in [2.45, 2.75) is 38.3 Å². The molecule has 190 valence electrons. The minimum absolute atomic E-state index is 0.141. The molecule has 2 fully saturated rings. The Morgan fingerprint density at radius 2 is 1.78 bits per heavy atom. The first kappa shape index (κ1) is 24.3. The summed E-state index contributed by atoms with van der Waals surface area (Å²) in [5, 5.41) is 3.58. The SMILES string of the molecule is C[C@@]1(CCc2ccccc2)NC(=O)N(NC(=O)CN2CCN(Cc3ccc4c(c3)CCO4)CC2)C1=O. The van der Waals surface area contributed by atoms with Gasteiger partial charge in [-0.05, 0) is 42.5 Å². The first-order valence-electron chi connectivity index (χ1n) is 12.6. The van der Waals surface area contributed by atoms with Crippen molar-refractivity contribution in [3.63, 3.8) is 0 Å². The van der Waals surface area contributed by atoms with Gasteiger partial charge < -0.3 is 10.1 Å². The fourth-order valence-corrected chi connectivity index (χ4v) is 5.06. The minimum atomic E-state index is -1.05. The molecule has 2 aromatic rings. The van der Waals surface area contributed by atoms with Crippen molar-refractivity contribution < 1.29 is 19.1 Å². The van der Waals surface area contributed by atoms with Gasteiger partial charge in [0.15, 0.2) is 0 Å². The zero-order valence-electron chi connectivity index (χ0n) is 20.7. The summed E-state index contributed by atoms with van der Waals surface area (Å²) in [6, 6.07) is 15.6. The van der Waals surface area contributed by atoms with Crippen LogP contribution in [0.25, 0.3) is 0 Å². The molecule has 0 aliphatic carbocycles. The molecule has 9 heteroatoms. The monoisotopic (exact) mass is 491 g/mol. The third-order valence-corrected chi connectivity index (χ3v) is 7.25. The van der Waals surface area contributed by atoms with Gasteiger partial charge in [-0.3, -0.25) is 24.8 Å². The average molecular weight is 492 g/mol. The molecule has 3 heterocycles. The molecule has 0 bridgehead atoms. The number of nitrogens with one attached hydrogen (secondary N) is 2. The van der Waals surface area contributed by atoms with E-state index in [1.165, 1.54) is 11.1 Å². The Balaban J connectivity index is 1.07. The number of piperazine rings is 1. The molecule has 5 rings (SSSR count). The minimum Gasteiger partial charge on any atom is -0.493 e. The second kappa shape index (κ2) is 10.3. The van der Waals surface area contributed by atoms with Gasteiger partial charge in [0.05, 0.1) is 13.2 Å². The van der Waals surface area contributed by atoms with Gasteiger partial charge in [-0.2, -0.15) is 5.01 Å². The predicted molar refractivity (Wildman–Crippen MR) is 134 cm³/mol. The Hall–Kier alpha value is -3.43. The number of fused-ring (bicyclic) bond motifs is 1. The second-order valence-electron chi connectivity index (χ2n) is 10.0. The summed E-state index contributed by atoms with van der Waals surface area (Å²) in [4.78, 5) is 42.6. The topological polar surface area (TPSA) is 94.2 Å². The lowest BCUT2D eigenvalue weighted by atomic mass is 9.93. The molecule has 3 aliphatic heterocycles. The van der Waals surface area contributed by atoms with E-state index in [2.05, 4.69) is 38.7 Å². The number of carbonyl (C=O) groups is 3. The van der Waals surface area contributed by atoms with Gasteiger partial charge in [-0.25, -0.2) is 4.79 Å². The lowest BCUT2D eigenvalue weighted by Gasteiger charge is -2.34. The molecule has 2 aromatic carbocycles.